The molecule has 0 saturated heterocycles. The normalized spacial score (nSPS) is 13.5. The van der Waals surface area contributed by atoms with Gasteiger partial charge in [0.05, 0.1) is 83.7 Å². The number of hydrogen-bond donors (Lipinski definition) is 9. The first-order valence-corrected chi connectivity index (χ1v) is 51.5. The summed E-state index contributed by atoms with van der Waals surface area (Å²) in [4.78, 5) is 76.8. The Bertz CT molecular complexity index is 5960. The van der Waals surface area contributed by atoms with Gasteiger partial charge in [-0.25, -0.2) is 42.8 Å². The van der Waals surface area contributed by atoms with Crippen molar-refractivity contribution < 1.29 is 101 Å². The lowest BCUT2D eigenvalue weighted by Crippen LogP contribution is -2.34. The highest BCUT2D eigenvalue weighted by atomic mass is 35.5. The van der Waals surface area contributed by atoms with E-state index in [9.17, 15) is 86.9 Å². The zero-order valence-corrected chi connectivity index (χ0v) is 84.6. The van der Waals surface area contributed by atoms with Crippen molar-refractivity contribution in [2.75, 3.05) is 51.7 Å². The van der Waals surface area contributed by atoms with E-state index in [4.69, 9.17) is 49.0 Å². The van der Waals surface area contributed by atoms with Crippen LogP contribution in [0.4, 0.5) is 51.7 Å². The summed E-state index contributed by atoms with van der Waals surface area (Å²) in [5.41, 5.74) is -0.0785. The van der Waals surface area contributed by atoms with Crippen LogP contribution >= 0.6 is 34.8 Å². The third-order valence-electron chi connectivity index (χ3n) is 22.6. The first-order chi connectivity index (χ1) is 64.4. The van der Waals surface area contributed by atoms with Gasteiger partial charge in [-0.15, -0.1) is 0 Å². The van der Waals surface area contributed by atoms with Crippen LogP contribution in [0.5, 0.6) is 34.5 Å². The van der Waals surface area contributed by atoms with E-state index in [0.29, 0.717) is 84.4 Å². The largest absolute Gasteiger partial charge is 0.506 e. The molecule has 9 N–H and O–H groups in total. The lowest BCUT2D eigenvalue weighted by Gasteiger charge is -2.31. The predicted molar refractivity (Wildman–Crippen MR) is 534 cm³/mol. The highest BCUT2D eigenvalue weighted by Crippen LogP contribution is 2.41. The number of anilines is 6. The van der Waals surface area contributed by atoms with E-state index in [2.05, 4.69) is 115 Å². The maximum atomic E-state index is 13.7. The van der Waals surface area contributed by atoms with Gasteiger partial charge in [-0.1, -0.05) is 202 Å². The molecule has 34 heteroatoms. The number of hydrogen-bond acceptors (Lipinski definition) is 18. The molecule has 9 aromatic rings. The molecular weight excluding hydrogens is 1890 g/mol. The molecule has 0 radical (unpaired) electrons. The molecule has 8 atom stereocenters. The molecule has 9 aromatic carbocycles. The Labute approximate surface area is 817 Å². The first-order valence-electron chi connectivity index (χ1n) is 45.7. The summed E-state index contributed by atoms with van der Waals surface area (Å²) < 4.78 is 152. The van der Waals surface area contributed by atoms with Crippen LogP contribution in [0.1, 0.15) is 231 Å². The Morgan fingerprint density at radius 1 is 0.350 bits per heavy atom. The summed E-state index contributed by atoms with van der Waals surface area (Å²) in [5, 5.41) is 41.5. The number of sulfone groups is 3. The molecule has 137 heavy (non-hydrogen) atoms. The number of amides is 6. The Morgan fingerprint density at radius 2 is 0.679 bits per heavy atom. The minimum Gasteiger partial charge on any atom is -0.506 e. The zero-order chi connectivity index (χ0) is 102. The van der Waals surface area contributed by atoms with Crippen LogP contribution in [0, 0.1) is 63.7 Å². The fraction of sp³-hybridized carbons (Fsp3) is 0.417. The molecule has 0 aromatic heterocycles. The van der Waals surface area contributed by atoms with Gasteiger partial charge in [0.25, 0.3) is 17.7 Å². The van der Waals surface area contributed by atoms with E-state index in [0.717, 1.165) is 112 Å². The maximum Gasteiger partial charge on any atom is 0.255 e. The number of benzene rings is 9. The van der Waals surface area contributed by atoms with Crippen LogP contribution in [0.15, 0.2) is 191 Å². The van der Waals surface area contributed by atoms with Gasteiger partial charge in [0.2, 0.25) is 17.7 Å². The lowest BCUT2D eigenvalue weighted by molar-refractivity contribution is -0.116. The fourth-order valence-electron chi connectivity index (χ4n) is 15.3. The molecule has 6 amide bonds. The number of rotatable bonds is 44. The van der Waals surface area contributed by atoms with Gasteiger partial charge in [0, 0.05) is 34.9 Å². The molecule has 0 aliphatic heterocycles. The number of aromatic hydroxyl groups is 3. The average Bonchev–Trinajstić information content (AvgIpc) is 0.797. The number of phenols is 3. The van der Waals surface area contributed by atoms with Crippen molar-refractivity contribution in [2.45, 2.75) is 231 Å². The van der Waals surface area contributed by atoms with Crippen LogP contribution in [0.3, 0.4) is 0 Å². The number of carbonyl (C=O) groups is 6. The number of halogens is 7. The summed E-state index contributed by atoms with van der Waals surface area (Å²) in [5.74, 6) is -7.05. The molecule has 0 saturated carbocycles. The summed E-state index contributed by atoms with van der Waals surface area (Å²) in [6.07, 6.45) is 13.4. The topological polar surface area (TPSA) is 365 Å². The van der Waals surface area contributed by atoms with Gasteiger partial charge < -0.3 is 61.4 Å². The third kappa shape index (κ3) is 34.3. The maximum absolute atomic E-state index is 13.7. The third-order valence-corrected chi connectivity index (χ3v) is 30.2. The Balaban J connectivity index is 0.000000283. The van der Waals surface area contributed by atoms with Crippen molar-refractivity contribution in [3.8, 4) is 34.5 Å². The van der Waals surface area contributed by atoms with Crippen molar-refractivity contribution in [2.24, 2.45) is 40.4 Å². The van der Waals surface area contributed by atoms with E-state index < -0.39 is 115 Å². The SMILES string of the molecule is CCC(C(=O)Nc1cc(O)c(NC(=O)c2ccc(F)c(F)c2)cc1Cl)S(=O)(=O)c1ccc(OCC(CCC(C)CC(C)(C)C)C(C)CC(C)(C)C)cc1.CCCCC(C)COc1ccc(S(=O)(=O)C(CC)C(=O)Nc2cc(O)c(NC(=O)c3ccc(F)c(F)c3)cc2Cl)cc1.CCCCCCC(C)COc1ccc(S(=O)(=O)C(CC)C(=O)Nc2cc(O)c(NC(=O)c3ccccc3)cc2Cl)cc1. The molecule has 0 fully saturated rings. The summed E-state index contributed by atoms with van der Waals surface area (Å²) in [7, 11) is -12.3. The van der Waals surface area contributed by atoms with E-state index in [-0.39, 0.29) is 111 Å². The highest BCUT2D eigenvalue weighted by Gasteiger charge is 2.38. The standard InChI is InChI=1S/C41H55ClF2N2O6S.C32H39ClN2O6S.C30H33ClF2N2O6S/c1-10-37(39(49)45-34-21-36(47)35(20-31(34)42)46-38(48)27-13-18-32(43)33(44)19-27)53(50,51)30-16-14-29(15-17-30)52-24-28(26(3)23-41(7,8)9)12-11-25(2)22-40(4,5)6;1-4-6-7-9-12-22(3)21-41-24-15-17-25(18-16-24)42(39,40)30(5-2)32(38)34-27-20-29(36)28(19-26(27)33)35-31(37)23-13-10-8-11-14-23;1-4-6-7-18(3)17-41-20-9-11-21(12-10-20)42(39,40)28(5-2)30(38)34-25-16-27(36)26(15-22(25)31)35-29(37)19-8-13-23(32)24(33)14-19/h13-21,25-26,28,37,47H,10-12,22-24H2,1-9H3,(H,45,49)(H,46,48);8,10-11,13-20,22,30,36H,4-7,9,12,21H2,1-3H3,(H,34,38)(H,35,37);8-16,18,28,36H,4-7,17H2,1-3H3,(H,34,38)(H,35,37). The smallest absolute Gasteiger partial charge is 0.255 e. The van der Waals surface area contributed by atoms with E-state index in [1.54, 1.807) is 87.5 Å². The lowest BCUT2D eigenvalue weighted by atomic mass is 9.76. The van der Waals surface area contributed by atoms with Crippen LogP contribution < -0.4 is 46.1 Å². The molecule has 9 rings (SSSR count). The van der Waals surface area contributed by atoms with Gasteiger partial charge in [-0.05, 0) is 231 Å². The molecule has 744 valence electrons. The number of carbonyl (C=O) groups excluding carboxylic acids is 6. The Kier molecular flexibility index (Phi) is 43.0. The van der Waals surface area contributed by atoms with E-state index in [1.807, 2.05) is 0 Å². The van der Waals surface area contributed by atoms with Crippen molar-refractivity contribution >= 4 is 134 Å². The van der Waals surface area contributed by atoms with Gasteiger partial charge >= 0.3 is 0 Å². The second-order valence-electron chi connectivity index (χ2n) is 36.8. The minimum absolute atomic E-state index is 0.00243. The van der Waals surface area contributed by atoms with Gasteiger partial charge in [-0.2, -0.15) is 0 Å². The average molecular weight is 2020 g/mol. The first kappa shape index (κ1) is 113. The molecule has 0 aliphatic rings. The van der Waals surface area contributed by atoms with Gasteiger partial charge in [0.15, 0.2) is 52.8 Å². The monoisotopic (exact) mass is 2010 g/mol. The van der Waals surface area contributed by atoms with Crippen molar-refractivity contribution in [1.29, 1.82) is 0 Å². The summed E-state index contributed by atoms with van der Waals surface area (Å²) in [6, 6.07) is 38.3. The highest BCUT2D eigenvalue weighted by molar-refractivity contribution is 7.93. The van der Waals surface area contributed by atoms with Crippen LogP contribution in [0.2, 0.25) is 15.1 Å². The molecule has 0 spiro atoms. The minimum atomic E-state index is -4.16. The van der Waals surface area contributed by atoms with Crippen molar-refractivity contribution in [3.63, 3.8) is 0 Å². The number of nitrogens with one attached hydrogen (secondary N) is 6. The Morgan fingerprint density at radius 3 is 1.00 bits per heavy atom. The molecule has 8 unspecified atom stereocenters. The molecule has 0 heterocycles. The fourth-order valence-corrected chi connectivity index (χ4v) is 20.8. The van der Waals surface area contributed by atoms with E-state index in [1.165, 1.54) is 61.7 Å². The Hall–Kier alpha value is -11.0. The predicted octanol–water partition coefficient (Wildman–Crippen LogP) is 25.1. The van der Waals surface area contributed by atoms with Crippen molar-refractivity contribution in [3.05, 3.63) is 231 Å². The van der Waals surface area contributed by atoms with Gasteiger partial charge in [-0.3, -0.25) is 28.8 Å². The number of ether oxygens (including phenoxy) is 3. The number of phenolic OH excluding ortho intramolecular Hbond substituents is 3. The van der Waals surface area contributed by atoms with Gasteiger partial charge in [0.1, 0.15) is 50.2 Å². The summed E-state index contributed by atoms with van der Waals surface area (Å²) >= 11 is 18.9. The van der Waals surface area contributed by atoms with Crippen LogP contribution in [-0.2, 0) is 43.9 Å². The number of unbranched alkanes of at least 4 members (excludes halogenated alkanes) is 4. The quantitative estimate of drug-likeness (QED) is 0.00973. The van der Waals surface area contributed by atoms with Crippen molar-refractivity contribution in [1.82, 2.24) is 0 Å². The molecular formula is C103H127Cl3F4N6O18S3. The van der Waals surface area contributed by atoms with E-state index >= 15 is 0 Å². The molecule has 0 aliphatic carbocycles. The second kappa shape index (κ2) is 52.2. The molecule has 24 nitrogen and oxygen atoms in total. The second-order valence-corrected chi connectivity index (χ2v) is 44.4. The van der Waals surface area contributed by atoms with Crippen LogP contribution in [0.25, 0.3) is 0 Å². The molecule has 0 bridgehead atoms. The summed E-state index contributed by atoms with van der Waals surface area (Å²) in [6.45, 7) is 32.9. The van der Waals surface area contributed by atoms with Crippen LogP contribution in [-0.4, -0.2) is 112 Å². The zero-order valence-electron chi connectivity index (χ0n) is 79.9.